The molecule has 0 saturated carbocycles. The maximum atomic E-state index is 12.6. The number of aryl methyl sites for hydroxylation is 1. The van der Waals surface area contributed by atoms with Crippen molar-refractivity contribution in [3.05, 3.63) is 36.1 Å². The molecule has 2 aromatic rings. The van der Waals surface area contributed by atoms with Crippen molar-refractivity contribution in [2.45, 2.75) is 25.8 Å². The molecule has 3 rings (SSSR count). The van der Waals surface area contributed by atoms with Crippen LogP contribution in [0.3, 0.4) is 0 Å². The predicted octanol–water partition coefficient (Wildman–Crippen LogP) is 1.57. The highest BCUT2D eigenvalue weighted by atomic mass is 16.5. The Morgan fingerprint density at radius 3 is 3.05 bits per heavy atom. The number of likely N-dealkylation sites (tertiary alicyclic amines) is 1. The van der Waals surface area contributed by atoms with E-state index in [0.717, 1.165) is 30.8 Å². The first kappa shape index (κ1) is 14.5. The standard InChI is InChI=1S/C15H19N5O2/c1-11-8-12(18-22-11)13-4-3-7-20(13)15(21)10-19(2)14-9-16-5-6-17-14/h5-6,8-9,13H,3-4,7,10H2,1-2H3/t13-/m1/s1. The molecular weight excluding hydrogens is 282 g/mol. The molecule has 0 radical (unpaired) electrons. The molecule has 0 aromatic carbocycles. The van der Waals surface area contributed by atoms with Crippen LogP contribution in [0.5, 0.6) is 0 Å². The van der Waals surface area contributed by atoms with Crippen LogP contribution in [0.25, 0.3) is 0 Å². The fraction of sp³-hybridized carbons (Fsp3) is 0.467. The predicted molar refractivity (Wildman–Crippen MR) is 80.2 cm³/mol. The Labute approximate surface area is 128 Å². The number of nitrogens with zero attached hydrogens (tertiary/aromatic N) is 5. The third-order valence-corrected chi connectivity index (χ3v) is 3.87. The van der Waals surface area contributed by atoms with E-state index in [2.05, 4.69) is 15.1 Å². The lowest BCUT2D eigenvalue weighted by Crippen LogP contribution is -2.39. The van der Waals surface area contributed by atoms with Gasteiger partial charge in [-0.2, -0.15) is 0 Å². The summed E-state index contributed by atoms with van der Waals surface area (Å²) in [4.78, 5) is 24.5. The Bertz CT molecular complexity index is 642. The molecule has 1 amide bonds. The van der Waals surface area contributed by atoms with E-state index in [9.17, 15) is 4.79 Å². The number of hydrogen-bond donors (Lipinski definition) is 0. The van der Waals surface area contributed by atoms with E-state index in [1.807, 2.05) is 24.9 Å². The summed E-state index contributed by atoms with van der Waals surface area (Å²) in [5.74, 6) is 1.52. The van der Waals surface area contributed by atoms with Gasteiger partial charge in [-0.15, -0.1) is 0 Å². The molecule has 116 valence electrons. The molecule has 3 heterocycles. The summed E-state index contributed by atoms with van der Waals surface area (Å²) in [5, 5.41) is 4.06. The smallest absolute Gasteiger partial charge is 0.242 e. The van der Waals surface area contributed by atoms with Gasteiger partial charge in [0.05, 0.1) is 18.8 Å². The molecule has 7 heteroatoms. The van der Waals surface area contributed by atoms with Crippen LogP contribution in [0.1, 0.15) is 30.3 Å². The zero-order valence-electron chi connectivity index (χ0n) is 12.8. The average Bonchev–Trinajstić information content (AvgIpc) is 3.16. The minimum atomic E-state index is 0.0141. The van der Waals surface area contributed by atoms with Crippen molar-refractivity contribution in [3.63, 3.8) is 0 Å². The van der Waals surface area contributed by atoms with Crippen LogP contribution in [-0.4, -0.2) is 46.1 Å². The Hall–Kier alpha value is -2.44. The van der Waals surface area contributed by atoms with Crippen molar-refractivity contribution in [1.82, 2.24) is 20.0 Å². The summed E-state index contributed by atoms with van der Waals surface area (Å²) in [7, 11) is 1.84. The minimum Gasteiger partial charge on any atom is -0.361 e. The number of carbonyl (C=O) groups excluding carboxylic acids is 1. The first-order valence-electron chi connectivity index (χ1n) is 7.35. The van der Waals surface area contributed by atoms with E-state index in [0.29, 0.717) is 5.82 Å². The van der Waals surface area contributed by atoms with Crippen molar-refractivity contribution < 1.29 is 9.32 Å². The molecule has 1 fully saturated rings. The van der Waals surface area contributed by atoms with Gasteiger partial charge in [0, 0.05) is 32.1 Å². The number of hydrogen-bond acceptors (Lipinski definition) is 6. The average molecular weight is 301 g/mol. The van der Waals surface area contributed by atoms with Crippen LogP contribution in [0.4, 0.5) is 5.82 Å². The lowest BCUT2D eigenvalue weighted by molar-refractivity contribution is -0.130. The largest absolute Gasteiger partial charge is 0.361 e. The van der Waals surface area contributed by atoms with E-state index in [4.69, 9.17) is 4.52 Å². The molecule has 0 spiro atoms. The topological polar surface area (TPSA) is 75.4 Å². The zero-order valence-corrected chi connectivity index (χ0v) is 12.8. The van der Waals surface area contributed by atoms with Crippen LogP contribution in [0.15, 0.2) is 29.2 Å². The second-order valence-corrected chi connectivity index (χ2v) is 5.53. The van der Waals surface area contributed by atoms with E-state index in [-0.39, 0.29) is 18.5 Å². The Kier molecular flexibility index (Phi) is 4.04. The van der Waals surface area contributed by atoms with Gasteiger partial charge in [0.25, 0.3) is 0 Å². The fourth-order valence-corrected chi connectivity index (χ4v) is 2.78. The number of amides is 1. The molecule has 22 heavy (non-hydrogen) atoms. The van der Waals surface area contributed by atoms with Crippen molar-refractivity contribution in [3.8, 4) is 0 Å². The van der Waals surface area contributed by atoms with Gasteiger partial charge >= 0.3 is 0 Å². The van der Waals surface area contributed by atoms with Gasteiger partial charge in [0.2, 0.25) is 5.91 Å². The summed E-state index contributed by atoms with van der Waals surface area (Å²) >= 11 is 0. The number of rotatable bonds is 4. The zero-order chi connectivity index (χ0) is 15.5. The quantitative estimate of drug-likeness (QED) is 0.853. The minimum absolute atomic E-state index is 0.0141. The Morgan fingerprint density at radius 1 is 1.50 bits per heavy atom. The van der Waals surface area contributed by atoms with Gasteiger partial charge in [-0.05, 0) is 19.8 Å². The second-order valence-electron chi connectivity index (χ2n) is 5.53. The number of carbonyl (C=O) groups is 1. The molecule has 2 aromatic heterocycles. The molecule has 0 unspecified atom stereocenters. The lowest BCUT2D eigenvalue weighted by atomic mass is 10.1. The number of aromatic nitrogens is 3. The maximum absolute atomic E-state index is 12.6. The van der Waals surface area contributed by atoms with Crippen molar-refractivity contribution in [2.24, 2.45) is 0 Å². The van der Waals surface area contributed by atoms with E-state index >= 15 is 0 Å². The van der Waals surface area contributed by atoms with E-state index in [1.54, 1.807) is 23.5 Å². The molecule has 1 saturated heterocycles. The summed E-state index contributed by atoms with van der Waals surface area (Å²) in [5.41, 5.74) is 0.838. The van der Waals surface area contributed by atoms with Crippen LogP contribution < -0.4 is 4.90 Å². The van der Waals surface area contributed by atoms with Crippen LogP contribution in [0, 0.1) is 6.92 Å². The summed E-state index contributed by atoms with van der Waals surface area (Å²) in [6.45, 7) is 2.88. The Morgan fingerprint density at radius 2 is 2.36 bits per heavy atom. The van der Waals surface area contributed by atoms with Gasteiger partial charge in [0.15, 0.2) is 0 Å². The van der Waals surface area contributed by atoms with Gasteiger partial charge in [-0.1, -0.05) is 5.16 Å². The summed E-state index contributed by atoms with van der Waals surface area (Å²) < 4.78 is 5.14. The van der Waals surface area contributed by atoms with Gasteiger partial charge in [-0.3, -0.25) is 9.78 Å². The first-order valence-corrected chi connectivity index (χ1v) is 7.35. The molecule has 0 bridgehead atoms. The molecule has 1 atom stereocenters. The third-order valence-electron chi connectivity index (χ3n) is 3.87. The van der Waals surface area contributed by atoms with Gasteiger partial charge in [0.1, 0.15) is 17.3 Å². The number of likely N-dealkylation sites (N-methyl/N-ethyl adjacent to an activating group) is 1. The molecule has 1 aliphatic rings. The van der Waals surface area contributed by atoms with Gasteiger partial charge < -0.3 is 14.3 Å². The maximum Gasteiger partial charge on any atom is 0.242 e. The molecule has 7 nitrogen and oxygen atoms in total. The van der Waals surface area contributed by atoms with E-state index < -0.39 is 0 Å². The lowest BCUT2D eigenvalue weighted by Gasteiger charge is -2.26. The number of anilines is 1. The van der Waals surface area contributed by atoms with Crippen LogP contribution >= 0.6 is 0 Å². The molecular formula is C15H19N5O2. The van der Waals surface area contributed by atoms with Crippen LogP contribution in [-0.2, 0) is 4.79 Å². The highest BCUT2D eigenvalue weighted by Gasteiger charge is 2.32. The SMILES string of the molecule is Cc1cc([C@H]2CCCN2C(=O)CN(C)c2cnccn2)no1. The van der Waals surface area contributed by atoms with Crippen molar-refractivity contribution in [1.29, 1.82) is 0 Å². The fourth-order valence-electron chi connectivity index (χ4n) is 2.78. The molecule has 1 aliphatic heterocycles. The highest BCUT2D eigenvalue weighted by Crippen LogP contribution is 2.31. The Balaban J connectivity index is 1.69. The van der Waals surface area contributed by atoms with Crippen molar-refractivity contribution >= 4 is 11.7 Å². The normalized spacial score (nSPS) is 17.7. The van der Waals surface area contributed by atoms with Crippen molar-refractivity contribution in [2.75, 3.05) is 25.0 Å². The summed E-state index contributed by atoms with van der Waals surface area (Å²) in [6, 6.07) is 1.92. The highest BCUT2D eigenvalue weighted by molar-refractivity contribution is 5.81. The molecule has 0 N–H and O–H groups in total. The second kappa shape index (κ2) is 6.13. The molecule has 0 aliphatic carbocycles. The first-order chi connectivity index (χ1) is 10.6. The van der Waals surface area contributed by atoms with Crippen LogP contribution in [0.2, 0.25) is 0 Å². The third kappa shape index (κ3) is 2.93. The monoisotopic (exact) mass is 301 g/mol. The van der Waals surface area contributed by atoms with E-state index in [1.165, 1.54) is 0 Å². The van der Waals surface area contributed by atoms with Gasteiger partial charge in [-0.25, -0.2) is 4.98 Å². The summed E-state index contributed by atoms with van der Waals surface area (Å²) in [6.07, 6.45) is 6.79.